The zero-order valence-electron chi connectivity index (χ0n) is 14.1. The van der Waals surface area contributed by atoms with Gasteiger partial charge in [-0.15, -0.1) is 0 Å². The first-order valence-corrected chi connectivity index (χ1v) is 8.45. The van der Waals surface area contributed by atoms with E-state index in [0.717, 1.165) is 24.5 Å². The average molecular weight is 342 g/mol. The predicted molar refractivity (Wildman–Crippen MR) is 94.2 cm³/mol. The largest absolute Gasteiger partial charge is 0.378 e. The molecule has 0 spiro atoms. The quantitative estimate of drug-likeness (QED) is 0.654. The van der Waals surface area contributed by atoms with Crippen LogP contribution in [0, 0.1) is 11.3 Å². The number of nitriles is 1. The molecular formula is C18H22N4O3. The minimum absolute atomic E-state index is 0.0960. The second-order valence-electron chi connectivity index (χ2n) is 5.84. The highest BCUT2D eigenvalue weighted by molar-refractivity contribution is 5.97. The summed E-state index contributed by atoms with van der Waals surface area (Å²) in [6, 6.07) is 9.87. The molecule has 2 saturated heterocycles. The Hall–Kier alpha value is -2.56. The molecule has 132 valence electrons. The summed E-state index contributed by atoms with van der Waals surface area (Å²) in [7, 11) is 0. The molecule has 0 saturated carbocycles. The zero-order valence-corrected chi connectivity index (χ0v) is 14.1. The van der Waals surface area contributed by atoms with Gasteiger partial charge in [-0.1, -0.05) is 12.1 Å². The number of morpholine rings is 2. The molecule has 2 aliphatic rings. The van der Waals surface area contributed by atoms with Gasteiger partial charge in [0.05, 0.1) is 37.8 Å². The van der Waals surface area contributed by atoms with Crippen LogP contribution in [0.15, 0.2) is 36.0 Å². The Balaban J connectivity index is 1.73. The van der Waals surface area contributed by atoms with E-state index in [-0.39, 0.29) is 11.5 Å². The smallest absolute Gasteiger partial charge is 0.266 e. The molecule has 0 bridgehead atoms. The molecule has 1 aromatic carbocycles. The van der Waals surface area contributed by atoms with Crippen LogP contribution < -0.4 is 10.2 Å². The zero-order chi connectivity index (χ0) is 17.5. The third-order valence-electron chi connectivity index (χ3n) is 4.28. The molecule has 1 aromatic rings. The number of anilines is 2. The number of carbonyl (C=O) groups is 1. The van der Waals surface area contributed by atoms with Crippen molar-refractivity contribution < 1.29 is 14.3 Å². The van der Waals surface area contributed by atoms with Crippen molar-refractivity contribution >= 4 is 17.3 Å². The number of amides is 1. The van der Waals surface area contributed by atoms with Crippen LogP contribution in [0.5, 0.6) is 0 Å². The van der Waals surface area contributed by atoms with E-state index in [4.69, 9.17) is 9.47 Å². The van der Waals surface area contributed by atoms with Crippen LogP contribution in [-0.2, 0) is 14.3 Å². The van der Waals surface area contributed by atoms with E-state index in [1.165, 1.54) is 6.20 Å². The second kappa shape index (κ2) is 8.51. The number of nitrogens with zero attached hydrogens (tertiary/aromatic N) is 3. The van der Waals surface area contributed by atoms with Gasteiger partial charge in [0.15, 0.2) is 0 Å². The fourth-order valence-electron chi connectivity index (χ4n) is 2.90. The van der Waals surface area contributed by atoms with Crippen molar-refractivity contribution in [3.63, 3.8) is 0 Å². The lowest BCUT2D eigenvalue weighted by Crippen LogP contribution is -2.41. The number of carbonyl (C=O) groups excluding carboxylic acids is 1. The van der Waals surface area contributed by atoms with E-state index in [1.54, 1.807) is 4.90 Å². The minimum Gasteiger partial charge on any atom is -0.378 e. The van der Waals surface area contributed by atoms with Crippen molar-refractivity contribution in [2.24, 2.45) is 0 Å². The van der Waals surface area contributed by atoms with Gasteiger partial charge < -0.3 is 24.6 Å². The Labute approximate surface area is 147 Å². The topological polar surface area (TPSA) is 77.8 Å². The molecule has 1 N–H and O–H groups in total. The van der Waals surface area contributed by atoms with Crippen LogP contribution in [0.3, 0.4) is 0 Å². The van der Waals surface area contributed by atoms with E-state index in [0.29, 0.717) is 39.5 Å². The van der Waals surface area contributed by atoms with Gasteiger partial charge in [-0.25, -0.2) is 0 Å². The van der Waals surface area contributed by atoms with Gasteiger partial charge in [0.1, 0.15) is 11.6 Å². The normalized spacial score (nSPS) is 18.6. The number of nitrogens with one attached hydrogen (secondary N) is 1. The molecule has 3 rings (SSSR count). The van der Waals surface area contributed by atoms with Crippen LogP contribution in [0.1, 0.15) is 0 Å². The van der Waals surface area contributed by atoms with Crippen molar-refractivity contribution in [3.8, 4) is 6.07 Å². The number of ether oxygens (including phenoxy) is 2. The standard InChI is InChI=1S/C18H22N4O3/c19-13-15(18(23)22-7-11-25-12-8-22)14-20-16-3-1-2-4-17(16)21-5-9-24-10-6-21/h1-4,14,20H,5-12H2/b15-14-. The minimum atomic E-state index is -0.262. The van der Waals surface area contributed by atoms with Gasteiger partial charge in [-0.3, -0.25) is 4.79 Å². The van der Waals surface area contributed by atoms with E-state index in [1.807, 2.05) is 30.3 Å². The molecule has 2 aliphatic heterocycles. The summed E-state index contributed by atoms with van der Waals surface area (Å²) < 4.78 is 10.6. The molecule has 1 amide bonds. The summed E-state index contributed by atoms with van der Waals surface area (Å²) in [6.07, 6.45) is 1.50. The monoisotopic (exact) mass is 342 g/mol. The van der Waals surface area contributed by atoms with Crippen LogP contribution in [-0.4, -0.2) is 63.4 Å². The lowest BCUT2D eigenvalue weighted by Gasteiger charge is -2.30. The van der Waals surface area contributed by atoms with Gasteiger partial charge in [-0.05, 0) is 12.1 Å². The Morgan fingerprint density at radius 3 is 2.40 bits per heavy atom. The van der Waals surface area contributed by atoms with Crippen molar-refractivity contribution in [2.75, 3.05) is 62.8 Å². The molecule has 0 unspecified atom stereocenters. The molecule has 25 heavy (non-hydrogen) atoms. The Morgan fingerprint density at radius 2 is 1.72 bits per heavy atom. The first-order chi connectivity index (χ1) is 12.3. The number of benzene rings is 1. The van der Waals surface area contributed by atoms with E-state index in [9.17, 15) is 10.1 Å². The fraction of sp³-hybridized carbons (Fsp3) is 0.444. The molecule has 7 nitrogen and oxygen atoms in total. The van der Waals surface area contributed by atoms with Gasteiger partial charge >= 0.3 is 0 Å². The SMILES string of the molecule is N#C/C(=C/Nc1ccccc1N1CCOCC1)C(=O)N1CCOCC1. The van der Waals surface area contributed by atoms with Crippen molar-refractivity contribution in [2.45, 2.75) is 0 Å². The van der Waals surface area contributed by atoms with Crippen LogP contribution in [0.2, 0.25) is 0 Å². The highest BCUT2D eigenvalue weighted by Gasteiger charge is 2.21. The van der Waals surface area contributed by atoms with Gasteiger partial charge in [0, 0.05) is 32.4 Å². The Bertz CT molecular complexity index is 671. The number of hydrogen-bond donors (Lipinski definition) is 1. The molecule has 0 aromatic heterocycles. The van der Waals surface area contributed by atoms with Crippen LogP contribution in [0.25, 0.3) is 0 Å². The van der Waals surface area contributed by atoms with Crippen molar-refractivity contribution in [1.82, 2.24) is 4.90 Å². The Morgan fingerprint density at radius 1 is 1.08 bits per heavy atom. The molecule has 0 atom stereocenters. The summed E-state index contributed by atoms with van der Waals surface area (Å²) in [5.41, 5.74) is 2.00. The lowest BCUT2D eigenvalue weighted by atomic mass is 10.2. The number of rotatable bonds is 4. The molecule has 0 aliphatic carbocycles. The first-order valence-electron chi connectivity index (χ1n) is 8.45. The van der Waals surface area contributed by atoms with Gasteiger partial charge in [0.25, 0.3) is 5.91 Å². The average Bonchev–Trinajstić information content (AvgIpc) is 2.70. The summed E-state index contributed by atoms with van der Waals surface area (Å²) >= 11 is 0. The highest BCUT2D eigenvalue weighted by atomic mass is 16.5. The summed E-state index contributed by atoms with van der Waals surface area (Å²) in [5, 5.41) is 12.5. The summed E-state index contributed by atoms with van der Waals surface area (Å²) in [4.78, 5) is 16.3. The van der Waals surface area contributed by atoms with E-state index >= 15 is 0 Å². The first kappa shape index (κ1) is 17.3. The van der Waals surface area contributed by atoms with Gasteiger partial charge in [-0.2, -0.15) is 5.26 Å². The highest BCUT2D eigenvalue weighted by Crippen LogP contribution is 2.26. The molecule has 2 fully saturated rings. The fourth-order valence-corrected chi connectivity index (χ4v) is 2.90. The molecule has 2 heterocycles. The third-order valence-corrected chi connectivity index (χ3v) is 4.28. The number of hydrogen-bond acceptors (Lipinski definition) is 6. The van der Waals surface area contributed by atoms with Gasteiger partial charge in [0.2, 0.25) is 0 Å². The molecule has 7 heteroatoms. The lowest BCUT2D eigenvalue weighted by molar-refractivity contribution is -0.130. The predicted octanol–water partition coefficient (Wildman–Crippen LogP) is 1.20. The maximum atomic E-state index is 12.4. The maximum Gasteiger partial charge on any atom is 0.266 e. The third kappa shape index (κ3) is 4.29. The van der Waals surface area contributed by atoms with Crippen molar-refractivity contribution in [3.05, 3.63) is 36.0 Å². The van der Waals surface area contributed by atoms with Crippen LogP contribution >= 0.6 is 0 Å². The maximum absolute atomic E-state index is 12.4. The molecule has 0 radical (unpaired) electrons. The summed E-state index contributed by atoms with van der Waals surface area (Å²) in [6.45, 7) is 5.09. The second-order valence-corrected chi connectivity index (χ2v) is 5.84. The number of para-hydroxylation sites is 2. The van der Waals surface area contributed by atoms with E-state index < -0.39 is 0 Å². The Kier molecular flexibility index (Phi) is 5.88. The molecular weight excluding hydrogens is 320 g/mol. The summed E-state index contributed by atoms with van der Waals surface area (Å²) in [5.74, 6) is -0.262. The van der Waals surface area contributed by atoms with Crippen LogP contribution in [0.4, 0.5) is 11.4 Å². The van der Waals surface area contributed by atoms with E-state index in [2.05, 4.69) is 10.2 Å². The van der Waals surface area contributed by atoms with Crippen molar-refractivity contribution in [1.29, 1.82) is 5.26 Å².